The van der Waals surface area contributed by atoms with Gasteiger partial charge >= 0.3 is 5.97 Å². The number of aryl methyl sites for hydroxylation is 1. The van der Waals surface area contributed by atoms with Gasteiger partial charge in [-0.3, -0.25) is 4.79 Å². The molecule has 0 saturated heterocycles. The highest BCUT2D eigenvalue weighted by atomic mass is 79.9. The van der Waals surface area contributed by atoms with Gasteiger partial charge in [0.15, 0.2) is 6.61 Å². The third kappa shape index (κ3) is 5.13. The number of hydrogen-bond acceptors (Lipinski definition) is 5. The molecule has 1 heterocycles. The molecule has 0 atom stereocenters. The maximum atomic E-state index is 12.0. The van der Waals surface area contributed by atoms with E-state index in [1.807, 2.05) is 24.3 Å². The molecule has 24 heavy (non-hydrogen) atoms. The van der Waals surface area contributed by atoms with Crippen LogP contribution in [0.1, 0.15) is 16.1 Å². The topological polar surface area (TPSA) is 69.0 Å². The summed E-state index contributed by atoms with van der Waals surface area (Å²) in [7, 11) is 1.63. The summed E-state index contributed by atoms with van der Waals surface area (Å²) in [5.74, 6) is 0.308. The van der Waals surface area contributed by atoms with E-state index >= 15 is 0 Å². The van der Waals surface area contributed by atoms with Gasteiger partial charge in [0.2, 0.25) is 0 Å². The van der Waals surface area contributed by atoms with Crippen molar-refractivity contribution in [1.29, 1.82) is 0 Å². The number of carbonyl (C=O) groups excluding carboxylic acids is 2. The number of rotatable bonds is 7. The molecule has 0 bridgehead atoms. The number of esters is 1. The van der Waals surface area contributed by atoms with Crippen molar-refractivity contribution >= 4 is 27.8 Å². The summed E-state index contributed by atoms with van der Waals surface area (Å²) >= 11 is 3.35. The number of amides is 1. The Morgan fingerprint density at radius 2 is 1.92 bits per heavy atom. The molecule has 0 aliphatic heterocycles. The zero-order chi connectivity index (χ0) is 17.5. The van der Waals surface area contributed by atoms with E-state index in [9.17, 15) is 9.59 Å². The molecule has 7 heteroatoms. The van der Waals surface area contributed by atoms with Crippen LogP contribution in [0.2, 0.25) is 0 Å². The molecule has 1 aromatic heterocycles. The lowest BCUT2D eigenvalue weighted by Crippen LogP contribution is -2.34. The first-order valence-corrected chi connectivity index (χ1v) is 8.10. The Kier molecular flexibility index (Phi) is 6.43. The van der Waals surface area contributed by atoms with Gasteiger partial charge in [0.1, 0.15) is 23.7 Å². The van der Waals surface area contributed by atoms with E-state index in [4.69, 9.17) is 13.9 Å². The Balaban J connectivity index is 1.71. The van der Waals surface area contributed by atoms with Gasteiger partial charge in [0, 0.05) is 11.5 Å². The molecule has 1 aromatic carbocycles. The van der Waals surface area contributed by atoms with Gasteiger partial charge in [0.25, 0.3) is 5.91 Å². The van der Waals surface area contributed by atoms with Gasteiger partial charge < -0.3 is 18.8 Å². The van der Waals surface area contributed by atoms with Crippen molar-refractivity contribution in [3.63, 3.8) is 0 Å². The molecule has 0 fully saturated rings. The number of ether oxygens (including phenoxy) is 2. The molecule has 6 nitrogen and oxygen atoms in total. The third-order valence-corrected chi connectivity index (χ3v) is 3.87. The molecule has 2 rings (SSSR count). The fraction of sp³-hybridized carbons (Fsp3) is 0.294. The summed E-state index contributed by atoms with van der Waals surface area (Å²) in [6.07, 6.45) is 1.40. The summed E-state index contributed by atoms with van der Waals surface area (Å²) in [6, 6.07) is 8.93. The Labute approximate surface area is 148 Å². The molecular formula is C17H18BrNO5. The second-order valence-electron chi connectivity index (χ2n) is 5.08. The Morgan fingerprint density at radius 1 is 1.21 bits per heavy atom. The molecule has 0 radical (unpaired) electrons. The van der Waals surface area contributed by atoms with E-state index in [1.165, 1.54) is 17.2 Å². The maximum absolute atomic E-state index is 12.0. The zero-order valence-electron chi connectivity index (χ0n) is 13.5. The second-order valence-corrected chi connectivity index (χ2v) is 6.00. The highest BCUT2D eigenvalue weighted by Crippen LogP contribution is 2.16. The lowest BCUT2D eigenvalue weighted by Gasteiger charge is -2.17. The van der Waals surface area contributed by atoms with Gasteiger partial charge in [0.05, 0.1) is 12.8 Å². The second kappa shape index (κ2) is 8.54. The van der Waals surface area contributed by atoms with Crippen molar-refractivity contribution in [2.45, 2.75) is 6.92 Å². The minimum absolute atomic E-state index is 0.302. The minimum atomic E-state index is -0.575. The first kappa shape index (κ1) is 18.1. The van der Waals surface area contributed by atoms with Crippen LogP contribution < -0.4 is 4.74 Å². The van der Waals surface area contributed by atoms with Crippen molar-refractivity contribution in [3.05, 3.63) is 52.4 Å². The lowest BCUT2D eigenvalue weighted by molar-refractivity contribution is -0.133. The molecule has 1 amide bonds. The number of nitrogens with zero attached hydrogens (tertiary/aromatic N) is 1. The molecule has 0 spiro atoms. The largest absolute Gasteiger partial charge is 0.492 e. The van der Waals surface area contributed by atoms with E-state index in [0.29, 0.717) is 24.5 Å². The zero-order valence-corrected chi connectivity index (χ0v) is 15.0. The van der Waals surface area contributed by atoms with Crippen molar-refractivity contribution in [3.8, 4) is 5.75 Å². The Bertz CT molecular complexity index is 695. The molecular weight excluding hydrogens is 378 g/mol. The highest BCUT2D eigenvalue weighted by Gasteiger charge is 2.16. The Hall–Kier alpha value is -2.28. The monoisotopic (exact) mass is 395 g/mol. The van der Waals surface area contributed by atoms with E-state index in [-0.39, 0.29) is 12.5 Å². The van der Waals surface area contributed by atoms with Gasteiger partial charge in [-0.05, 0) is 37.3 Å². The summed E-state index contributed by atoms with van der Waals surface area (Å²) in [6.45, 7) is 2.07. The molecule has 0 N–H and O–H groups in total. The van der Waals surface area contributed by atoms with Crippen molar-refractivity contribution in [2.24, 2.45) is 0 Å². The number of hydrogen-bond donors (Lipinski definition) is 0. The fourth-order valence-electron chi connectivity index (χ4n) is 1.87. The Morgan fingerprint density at radius 3 is 2.54 bits per heavy atom. The average molecular weight is 396 g/mol. The first-order chi connectivity index (χ1) is 11.5. The molecule has 2 aromatic rings. The van der Waals surface area contributed by atoms with Crippen LogP contribution in [-0.2, 0) is 9.53 Å². The quantitative estimate of drug-likeness (QED) is 0.673. The lowest BCUT2D eigenvalue weighted by atomic mass is 10.3. The summed E-state index contributed by atoms with van der Waals surface area (Å²) in [5, 5.41) is 0. The fourth-order valence-corrected chi connectivity index (χ4v) is 2.13. The van der Waals surface area contributed by atoms with Gasteiger partial charge in [-0.1, -0.05) is 15.9 Å². The van der Waals surface area contributed by atoms with Crippen LogP contribution in [0.15, 0.2) is 45.5 Å². The van der Waals surface area contributed by atoms with Crippen LogP contribution in [0.4, 0.5) is 0 Å². The minimum Gasteiger partial charge on any atom is -0.492 e. The number of likely N-dealkylation sites (N-methyl/N-ethyl adjacent to an activating group) is 1. The van der Waals surface area contributed by atoms with Crippen LogP contribution in [0, 0.1) is 6.92 Å². The summed E-state index contributed by atoms with van der Waals surface area (Å²) in [4.78, 5) is 25.2. The molecule has 0 aliphatic carbocycles. The van der Waals surface area contributed by atoms with Crippen molar-refractivity contribution in [2.75, 3.05) is 26.8 Å². The predicted octanol–water partition coefficient (Wildman–Crippen LogP) is 3.04. The van der Waals surface area contributed by atoms with Gasteiger partial charge in [-0.2, -0.15) is 0 Å². The van der Waals surface area contributed by atoms with Crippen LogP contribution in [0.5, 0.6) is 5.75 Å². The van der Waals surface area contributed by atoms with E-state index < -0.39 is 5.97 Å². The maximum Gasteiger partial charge on any atom is 0.342 e. The molecule has 0 unspecified atom stereocenters. The number of benzene rings is 1. The van der Waals surface area contributed by atoms with E-state index in [1.54, 1.807) is 14.0 Å². The molecule has 0 aliphatic rings. The number of carbonyl (C=O) groups is 2. The van der Waals surface area contributed by atoms with Crippen molar-refractivity contribution < 1.29 is 23.5 Å². The van der Waals surface area contributed by atoms with Crippen LogP contribution >= 0.6 is 15.9 Å². The first-order valence-electron chi connectivity index (χ1n) is 7.31. The van der Waals surface area contributed by atoms with Gasteiger partial charge in [-0.25, -0.2) is 4.79 Å². The average Bonchev–Trinajstić information content (AvgIpc) is 3.00. The SMILES string of the molecule is Cc1occc1C(=O)OCC(=O)N(C)CCOc1ccc(Br)cc1. The standard InChI is InChI=1S/C17H18BrNO5/c1-12-15(7-9-22-12)17(21)24-11-16(20)19(2)8-10-23-14-5-3-13(18)4-6-14/h3-7,9H,8,10-11H2,1-2H3. The number of furan rings is 1. The molecule has 0 saturated carbocycles. The normalized spacial score (nSPS) is 10.3. The highest BCUT2D eigenvalue weighted by molar-refractivity contribution is 9.10. The summed E-state index contributed by atoms with van der Waals surface area (Å²) in [5.41, 5.74) is 0.323. The third-order valence-electron chi connectivity index (χ3n) is 3.34. The van der Waals surface area contributed by atoms with Crippen LogP contribution in [0.3, 0.4) is 0 Å². The van der Waals surface area contributed by atoms with Crippen LogP contribution in [-0.4, -0.2) is 43.6 Å². The van der Waals surface area contributed by atoms with E-state index in [0.717, 1.165) is 10.2 Å². The number of halogens is 1. The predicted molar refractivity (Wildman–Crippen MR) is 91.0 cm³/mol. The van der Waals surface area contributed by atoms with Crippen LogP contribution in [0.25, 0.3) is 0 Å². The van der Waals surface area contributed by atoms with Crippen molar-refractivity contribution in [1.82, 2.24) is 4.90 Å². The smallest absolute Gasteiger partial charge is 0.342 e. The van der Waals surface area contributed by atoms with Gasteiger partial charge in [-0.15, -0.1) is 0 Å². The summed E-state index contributed by atoms with van der Waals surface area (Å²) < 4.78 is 16.5. The molecule has 128 valence electrons. The van der Waals surface area contributed by atoms with E-state index in [2.05, 4.69) is 15.9 Å².